The summed E-state index contributed by atoms with van der Waals surface area (Å²) in [5.74, 6) is 0.0863. The first-order valence-corrected chi connectivity index (χ1v) is 9.49. The van der Waals surface area contributed by atoms with E-state index in [1.54, 1.807) is 11.3 Å². The van der Waals surface area contributed by atoms with Crippen molar-refractivity contribution in [2.45, 2.75) is 31.6 Å². The van der Waals surface area contributed by atoms with Crippen LogP contribution in [0.4, 0.5) is 17.1 Å². The molecule has 2 aliphatic rings. The average Bonchev–Trinajstić information content (AvgIpc) is 3.23. The summed E-state index contributed by atoms with van der Waals surface area (Å²) < 4.78 is 5.52. The minimum absolute atomic E-state index is 0.0278. The molecule has 1 saturated heterocycles. The second kappa shape index (κ2) is 6.28. The third kappa shape index (κ3) is 2.56. The predicted octanol–water partition coefficient (Wildman–Crippen LogP) is 3.82. The minimum Gasteiger partial charge on any atom is -0.381 e. The molecule has 2 aromatic rings. The largest absolute Gasteiger partial charge is 0.381 e. The van der Waals surface area contributed by atoms with E-state index in [1.165, 1.54) is 0 Å². The van der Waals surface area contributed by atoms with Crippen LogP contribution in [0.5, 0.6) is 0 Å². The molecule has 0 atom stereocenters. The van der Waals surface area contributed by atoms with Crippen LogP contribution in [0.15, 0.2) is 35.0 Å². The van der Waals surface area contributed by atoms with Crippen LogP contribution in [0.1, 0.15) is 31.7 Å². The van der Waals surface area contributed by atoms with Gasteiger partial charge in [0, 0.05) is 30.7 Å². The maximum Gasteiger partial charge on any atom is 0.242 e. The first-order chi connectivity index (χ1) is 12.2. The summed E-state index contributed by atoms with van der Waals surface area (Å²) in [7, 11) is 0. The van der Waals surface area contributed by atoms with Crippen LogP contribution in [0.2, 0.25) is 0 Å². The minimum atomic E-state index is -0.553. The Kier molecular flexibility index (Phi) is 4.09. The monoisotopic (exact) mass is 356 g/mol. The summed E-state index contributed by atoms with van der Waals surface area (Å²) in [6.45, 7) is 2.98. The number of thiophene rings is 1. The highest BCUT2D eigenvalue weighted by atomic mass is 32.1. The smallest absolute Gasteiger partial charge is 0.242 e. The average molecular weight is 356 g/mol. The second-order valence-electron chi connectivity index (χ2n) is 6.45. The van der Waals surface area contributed by atoms with E-state index in [4.69, 9.17) is 4.74 Å². The molecule has 130 valence electrons. The maximum absolute atomic E-state index is 13.4. The van der Waals surface area contributed by atoms with Crippen molar-refractivity contribution < 1.29 is 14.3 Å². The molecule has 0 saturated carbocycles. The van der Waals surface area contributed by atoms with Gasteiger partial charge in [-0.05, 0) is 48.1 Å². The van der Waals surface area contributed by atoms with Crippen molar-refractivity contribution in [1.29, 1.82) is 0 Å². The van der Waals surface area contributed by atoms with Gasteiger partial charge in [0.15, 0.2) is 0 Å². The number of anilines is 3. The van der Waals surface area contributed by atoms with Crippen LogP contribution in [-0.2, 0) is 19.7 Å². The van der Waals surface area contributed by atoms with Crippen molar-refractivity contribution in [2.75, 3.05) is 23.4 Å². The zero-order valence-corrected chi connectivity index (χ0v) is 14.9. The van der Waals surface area contributed by atoms with Crippen molar-refractivity contribution in [1.82, 2.24) is 0 Å². The Morgan fingerprint density at radius 3 is 2.80 bits per heavy atom. The van der Waals surface area contributed by atoms with Crippen molar-refractivity contribution in [3.8, 4) is 0 Å². The first kappa shape index (κ1) is 16.3. The molecule has 25 heavy (non-hydrogen) atoms. The molecule has 1 aromatic carbocycles. The Morgan fingerprint density at radius 2 is 2.12 bits per heavy atom. The molecule has 3 heterocycles. The molecule has 4 rings (SSSR count). The van der Waals surface area contributed by atoms with Gasteiger partial charge in [0.05, 0.1) is 16.8 Å². The van der Waals surface area contributed by atoms with Crippen molar-refractivity contribution in [3.63, 3.8) is 0 Å². The Labute approximate surface area is 150 Å². The molecule has 5 nitrogen and oxygen atoms in total. The fourth-order valence-corrected chi connectivity index (χ4v) is 4.34. The number of ether oxygens (including phenoxy) is 1. The quantitative estimate of drug-likeness (QED) is 0.909. The van der Waals surface area contributed by atoms with Crippen LogP contribution in [-0.4, -0.2) is 25.0 Å². The van der Waals surface area contributed by atoms with E-state index in [1.807, 2.05) is 46.8 Å². The van der Waals surface area contributed by atoms with Crippen LogP contribution in [0.3, 0.4) is 0 Å². The van der Waals surface area contributed by atoms with Gasteiger partial charge in [0.2, 0.25) is 11.8 Å². The SMILES string of the molecule is CCC(=O)Nc1ccc2c(c1)C1(CCOCC1)C(=O)N2c1ccsc1. The van der Waals surface area contributed by atoms with Crippen molar-refractivity contribution in [2.24, 2.45) is 0 Å². The van der Waals surface area contributed by atoms with Crippen LogP contribution in [0, 0.1) is 0 Å². The lowest BCUT2D eigenvalue weighted by Crippen LogP contribution is -2.42. The molecular weight excluding hydrogens is 336 g/mol. The molecule has 1 aromatic heterocycles. The summed E-state index contributed by atoms with van der Waals surface area (Å²) in [6.07, 6.45) is 1.77. The molecule has 0 bridgehead atoms. The van der Waals surface area contributed by atoms with Crippen LogP contribution >= 0.6 is 11.3 Å². The molecule has 0 aliphatic carbocycles. The topological polar surface area (TPSA) is 58.6 Å². The van der Waals surface area contributed by atoms with Gasteiger partial charge in [0.25, 0.3) is 0 Å². The summed E-state index contributed by atoms with van der Waals surface area (Å²) in [5, 5.41) is 6.88. The number of nitrogens with zero attached hydrogens (tertiary/aromatic N) is 1. The number of carbonyl (C=O) groups excluding carboxylic acids is 2. The zero-order chi connectivity index (χ0) is 17.4. The number of rotatable bonds is 3. The highest BCUT2D eigenvalue weighted by Crippen LogP contribution is 2.51. The lowest BCUT2D eigenvalue weighted by Gasteiger charge is -2.32. The molecule has 1 fully saturated rings. The standard InChI is InChI=1S/C19H20N2O3S/c1-2-17(22)20-13-3-4-16-15(11-13)19(6-8-24-9-7-19)18(23)21(16)14-5-10-25-12-14/h3-5,10-12H,2,6-9H2,1H3,(H,20,22). The summed E-state index contributed by atoms with van der Waals surface area (Å²) in [6, 6.07) is 7.76. The third-order valence-corrected chi connectivity index (χ3v) is 5.75. The van der Waals surface area contributed by atoms with Gasteiger partial charge in [-0.3, -0.25) is 14.5 Å². The van der Waals surface area contributed by atoms with Gasteiger partial charge in [-0.2, -0.15) is 11.3 Å². The van der Waals surface area contributed by atoms with Crippen LogP contribution in [0.25, 0.3) is 0 Å². The van der Waals surface area contributed by atoms with Crippen LogP contribution < -0.4 is 10.2 Å². The highest BCUT2D eigenvalue weighted by Gasteiger charge is 2.52. The lowest BCUT2D eigenvalue weighted by molar-refractivity contribution is -0.125. The van der Waals surface area contributed by atoms with E-state index in [0.29, 0.717) is 32.5 Å². The molecule has 0 unspecified atom stereocenters. The Hall–Kier alpha value is -2.18. The maximum atomic E-state index is 13.4. The number of fused-ring (bicyclic) bond motifs is 2. The lowest BCUT2D eigenvalue weighted by atomic mass is 9.75. The fraction of sp³-hybridized carbons (Fsp3) is 0.368. The normalized spacial score (nSPS) is 18.4. The van der Waals surface area contributed by atoms with E-state index in [-0.39, 0.29) is 11.8 Å². The number of amides is 2. The second-order valence-corrected chi connectivity index (χ2v) is 7.23. The molecular formula is C19H20N2O3S. The van der Waals surface area contributed by atoms with Gasteiger partial charge in [0.1, 0.15) is 0 Å². The molecule has 2 aliphatic heterocycles. The first-order valence-electron chi connectivity index (χ1n) is 8.54. The van der Waals surface area contributed by atoms with Gasteiger partial charge >= 0.3 is 0 Å². The fourth-order valence-electron chi connectivity index (χ4n) is 3.72. The van der Waals surface area contributed by atoms with Gasteiger partial charge in [-0.15, -0.1) is 0 Å². The number of nitrogens with one attached hydrogen (secondary N) is 1. The predicted molar refractivity (Wildman–Crippen MR) is 98.6 cm³/mol. The Balaban J connectivity index is 1.82. The molecule has 0 radical (unpaired) electrons. The summed E-state index contributed by atoms with van der Waals surface area (Å²) in [5.41, 5.74) is 3.02. The van der Waals surface area contributed by atoms with E-state index in [2.05, 4.69) is 5.32 Å². The Bertz CT molecular complexity index is 810. The van der Waals surface area contributed by atoms with E-state index in [9.17, 15) is 9.59 Å². The summed E-state index contributed by atoms with van der Waals surface area (Å²) >= 11 is 1.58. The van der Waals surface area contributed by atoms with E-state index < -0.39 is 5.41 Å². The van der Waals surface area contributed by atoms with Crippen molar-refractivity contribution in [3.05, 3.63) is 40.6 Å². The Morgan fingerprint density at radius 1 is 1.32 bits per heavy atom. The number of carbonyl (C=O) groups is 2. The third-order valence-electron chi connectivity index (χ3n) is 5.08. The zero-order valence-electron chi connectivity index (χ0n) is 14.1. The number of hydrogen-bond acceptors (Lipinski definition) is 4. The number of benzene rings is 1. The molecule has 2 amide bonds. The molecule has 1 spiro atoms. The van der Waals surface area contributed by atoms with Crippen molar-refractivity contribution >= 4 is 40.2 Å². The highest BCUT2D eigenvalue weighted by molar-refractivity contribution is 7.08. The van der Waals surface area contributed by atoms with Gasteiger partial charge < -0.3 is 10.1 Å². The van der Waals surface area contributed by atoms with Gasteiger partial charge in [-0.25, -0.2) is 0 Å². The molecule has 1 N–H and O–H groups in total. The van der Waals surface area contributed by atoms with E-state index >= 15 is 0 Å². The van der Waals surface area contributed by atoms with Gasteiger partial charge in [-0.1, -0.05) is 6.92 Å². The van der Waals surface area contributed by atoms with E-state index in [0.717, 1.165) is 22.6 Å². The molecule has 6 heteroatoms. The number of hydrogen-bond donors (Lipinski definition) is 1. The summed E-state index contributed by atoms with van der Waals surface area (Å²) in [4.78, 5) is 27.0.